The summed E-state index contributed by atoms with van der Waals surface area (Å²) in [5.41, 5.74) is 0. The maximum atomic E-state index is 2.72. The summed E-state index contributed by atoms with van der Waals surface area (Å²) in [6.07, 6.45) is 6.77. The van der Waals surface area contributed by atoms with Crippen molar-refractivity contribution >= 4 is 0 Å². The van der Waals surface area contributed by atoms with E-state index < -0.39 is 0 Å². The highest BCUT2D eigenvalue weighted by atomic mass is 15.2. The van der Waals surface area contributed by atoms with Crippen LogP contribution in [0.1, 0.15) is 59.8 Å². The van der Waals surface area contributed by atoms with E-state index in [1.807, 2.05) is 0 Å². The maximum Gasteiger partial charge on any atom is 0.0112 e. The van der Waals surface area contributed by atoms with Crippen LogP contribution >= 0.6 is 0 Å². The second-order valence-corrected chi connectivity index (χ2v) is 7.15. The summed E-state index contributed by atoms with van der Waals surface area (Å²) in [7, 11) is 4.55. The Morgan fingerprint density at radius 1 is 0.857 bits per heavy atom. The molecule has 126 valence electrons. The van der Waals surface area contributed by atoms with Crippen LogP contribution in [0.4, 0.5) is 0 Å². The highest BCUT2D eigenvalue weighted by Gasteiger charge is 2.27. The van der Waals surface area contributed by atoms with Gasteiger partial charge in [-0.3, -0.25) is 4.90 Å². The van der Waals surface area contributed by atoms with Gasteiger partial charge in [0, 0.05) is 31.2 Å². The number of nitrogens with zero attached hydrogens (tertiary/aromatic N) is 3. The van der Waals surface area contributed by atoms with Crippen LogP contribution in [-0.2, 0) is 0 Å². The van der Waals surface area contributed by atoms with Crippen LogP contribution in [0.25, 0.3) is 0 Å². The predicted octanol–water partition coefficient (Wildman–Crippen LogP) is 3.30. The minimum Gasteiger partial charge on any atom is -0.305 e. The van der Waals surface area contributed by atoms with Crippen molar-refractivity contribution in [2.24, 2.45) is 0 Å². The Kier molecular flexibility index (Phi) is 8.84. The van der Waals surface area contributed by atoms with Crippen LogP contribution in [0.2, 0.25) is 0 Å². The van der Waals surface area contributed by atoms with Gasteiger partial charge in [0.1, 0.15) is 0 Å². The largest absolute Gasteiger partial charge is 0.305 e. The Morgan fingerprint density at radius 3 is 1.90 bits per heavy atom. The van der Waals surface area contributed by atoms with Gasteiger partial charge in [-0.05, 0) is 73.1 Å². The van der Waals surface area contributed by atoms with Crippen LogP contribution in [0.15, 0.2) is 0 Å². The van der Waals surface area contributed by atoms with Crippen LogP contribution in [0.3, 0.4) is 0 Å². The lowest BCUT2D eigenvalue weighted by Gasteiger charge is -2.41. The molecule has 1 aliphatic carbocycles. The molecule has 3 nitrogen and oxygen atoms in total. The van der Waals surface area contributed by atoms with Gasteiger partial charge in [0.25, 0.3) is 0 Å². The average Bonchev–Trinajstić information content (AvgIpc) is 2.48. The monoisotopic (exact) mass is 297 g/mol. The van der Waals surface area contributed by atoms with E-state index in [0.717, 1.165) is 12.1 Å². The van der Waals surface area contributed by atoms with E-state index in [4.69, 9.17) is 0 Å². The summed E-state index contributed by atoms with van der Waals surface area (Å²) >= 11 is 0. The molecule has 0 aromatic rings. The number of hydrogen-bond donors (Lipinski definition) is 0. The summed E-state index contributed by atoms with van der Waals surface area (Å²) in [6.45, 7) is 14.1. The third-order valence-electron chi connectivity index (χ3n) is 5.35. The van der Waals surface area contributed by atoms with Crippen LogP contribution in [-0.4, -0.2) is 73.1 Å². The third kappa shape index (κ3) is 6.25. The van der Waals surface area contributed by atoms with Crippen molar-refractivity contribution in [3.8, 4) is 0 Å². The van der Waals surface area contributed by atoms with Crippen molar-refractivity contribution in [1.29, 1.82) is 0 Å². The van der Waals surface area contributed by atoms with Crippen LogP contribution < -0.4 is 0 Å². The van der Waals surface area contributed by atoms with Crippen molar-refractivity contribution in [2.45, 2.75) is 77.9 Å². The molecule has 1 rings (SSSR count). The molecular formula is C18H39N3. The molecule has 0 aromatic carbocycles. The van der Waals surface area contributed by atoms with E-state index in [9.17, 15) is 0 Å². The number of likely N-dealkylation sites (N-methyl/N-ethyl adjacent to an activating group) is 2. The first-order valence-electron chi connectivity index (χ1n) is 9.14. The summed E-state index contributed by atoms with van der Waals surface area (Å²) in [4.78, 5) is 7.76. The molecule has 0 amide bonds. The van der Waals surface area contributed by atoms with Gasteiger partial charge < -0.3 is 9.80 Å². The van der Waals surface area contributed by atoms with Crippen molar-refractivity contribution in [2.75, 3.05) is 40.3 Å². The second kappa shape index (κ2) is 9.81. The van der Waals surface area contributed by atoms with Gasteiger partial charge in [-0.2, -0.15) is 0 Å². The molecule has 0 saturated heterocycles. The molecule has 0 atom stereocenters. The fourth-order valence-corrected chi connectivity index (χ4v) is 3.64. The quantitative estimate of drug-likeness (QED) is 0.646. The normalized spacial score (nSPS) is 23.7. The number of rotatable bonds is 9. The molecule has 0 bridgehead atoms. The van der Waals surface area contributed by atoms with Crippen molar-refractivity contribution < 1.29 is 0 Å². The molecule has 1 saturated carbocycles. The Labute approximate surface area is 133 Å². The Hall–Kier alpha value is -0.120. The number of hydrogen-bond acceptors (Lipinski definition) is 3. The lowest BCUT2D eigenvalue weighted by atomic mass is 9.89. The zero-order valence-electron chi connectivity index (χ0n) is 15.4. The van der Waals surface area contributed by atoms with E-state index in [0.29, 0.717) is 6.04 Å². The molecule has 0 spiro atoms. The molecule has 0 radical (unpaired) electrons. The third-order valence-corrected chi connectivity index (χ3v) is 5.35. The van der Waals surface area contributed by atoms with E-state index in [2.05, 4.69) is 56.5 Å². The van der Waals surface area contributed by atoms with E-state index in [-0.39, 0.29) is 0 Å². The summed E-state index contributed by atoms with van der Waals surface area (Å²) in [6, 6.07) is 2.31. The van der Waals surface area contributed by atoms with Gasteiger partial charge in [-0.25, -0.2) is 0 Å². The molecule has 0 aromatic heterocycles. The zero-order chi connectivity index (χ0) is 15.8. The minimum absolute atomic E-state index is 0.677. The van der Waals surface area contributed by atoms with E-state index in [1.54, 1.807) is 0 Å². The van der Waals surface area contributed by atoms with E-state index >= 15 is 0 Å². The van der Waals surface area contributed by atoms with Gasteiger partial charge in [0.05, 0.1) is 0 Å². The second-order valence-electron chi connectivity index (χ2n) is 7.15. The molecule has 0 heterocycles. The van der Waals surface area contributed by atoms with Gasteiger partial charge in [-0.15, -0.1) is 0 Å². The van der Waals surface area contributed by atoms with Crippen molar-refractivity contribution in [3.63, 3.8) is 0 Å². The average molecular weight is 298 g/mol. The fraction of sp³-hybridized carbons (Fsp3) is 1.00. The minimum atomic E-state index is 0.677. The van der Waals surface area contributed by atoms with Crippen molar-refractivity contribution in [1.82, 2.24) is 14.7 Å². The standard InChI is InChI=1S/C18H39N3/c1-7-13-19(5)14-15-21(8-2)18-11-9-17(10-12-18)20(6)16(3)4/h16-18H,7-15H2,1-6H3. The molecule has 0 N–H and O–H groups in total. The molecule has 0 unspecified atom stereocenters. The SMILES string of the molecule is CCCN(C)CCN(CC)C1CCC(N(C)C(C)C)CC1. The first kappa shape index (κ1) is 18.9. The van der Waals surface area contributed by atoms with E-state index in [1.165, 1.54) is 58.3 Å². The molecular weight excluding hydrogens is 258 g/mol. The van der Waals surface area contributed by atoms with Gasteiger partial charge >= 0.3 is 0 Å². The highest BCUT2D eigenvalue weighted by Crippen LogP contribution is 2.26. The van der Waals surface area contributed by atoms with Crippen LogP contribution in [0, 0.1) is 0 Å². The lowest BCUT2D eigenvalue weighted by molar-refractivity contribution is 0.0912. The van der Waals surface area contributed by atoms with Gasteiger partial charge in [0.2, 0.25) is 0 Å². The molecule has 21 heavy (non-hydrogen) atoms. The Bertz CT molecular complexity index is 259. The first-order chi connectivity index (χ1) is 9.99. The van der Waals surface area contributed by atoms with Gasteiger partial charge in [-0.1, -0.05) is 13.8 Å². The summed E-state index contributed by atoms with van der Waals surface area (Å²) in [5.74, 6) is 0. The molecule has 0 aliphatic heterocycles. The van der Waals surface area contributed by atoms with Crippen LogP contribution in [0.5, 0.6) is 0 Å². The molecule has 1 fully saturated rings. The zero-order valence-corrected chi connectivity index (χ0v) is 15.4. The fourth-order valence-electron chi connectivity index (χ4n) is 3.64. The van der Waals surface area contributed by atoms with Crippen molar-refractivity contribution in [3.05, 3.63) is 0 Å². The summed E-state index contributed by atoms with van der Waals surface area (Å²) < 4.78 is 0. The topological polar surface area (TPSA) is 9.72 Å². The maximum absolute atomic E-state index is 2.72. The Morgan fingerprint density at radius 2 is 1.43 bits per heavy atom. The highest BCUT2D eigenvalue weighted by molar-refractivity contribution is 4.84. The Balaban J connectivity index is 2.36. The smallest absolute Gasteiger partial charge is 0.0112 e. The first-order valence-corrected chi connectivity index (χ1v) is 9.14. The molecule has 1 aliphatic rings. The van der Waals surface area contributed by atoms with Gasteiger partial charge in [0.15, 0.2) is 0 Å². The lowest BCUT2D eigenvalue weighted by Crippen LogP contribution is -2.46. The summed E-state index contributed by atoms with van der Waals surface area (Å²) in [5, 5.41) is 0. The molecule has 3 heteroatoms. The predicted molar refractivity (Wildman–Crippen MR) is 94.0 cm³/mol.